The Hall–Kier alpha value is -3.13. The van der Waals surface area contributed by atoms with E-state index in [2.05, 4.69) is 52.6 Å². The monoisotopic (exact) mass is 462 g/mol. The fourth-order valence-electron chi connectivity index (χ4n) is 4.61. The number of aromatic nitrogens is 2. The first kappa shape index (κ1) is 21.7. The summed E-state index contributed by atoms with van der Waals surface area (Å²) in [6.07, 6.45) is 4.28. The molecule has 0 bridgehead atoms. The molecule has 172 valence electrons. The zero-order valence-electron chi connectivity index (χ0n) is 19.7. The second-order valence-electron chi connectivity index (χ2n) is 9.09. The summed E-state index contributed by atoms with van der Waals surface area (Å²) in [7, 11) is 3.76. The lowest BCUT2D eigenvalue weighted by Gasteiger charge is -2.42. The molecular formula is C25H30N6OS. The number of carbonyl (C=O) groups is 1. The first-order chi connectivity index (χ1) is 15.9. The number of amides is 1. The molecule has 1 aliphatic heterocycles. The molecule has 0 unspecified atom stereocenters. The number of benzene rings is 1. The number of nitrogens with zero attached hydrogens (tertiary/aromatic N) is 4. The molecule has 2 aliphatic rings. The third-order valence-corrected chi connectivity index (χ3v) is 7.54. The van der Waals surface area contributed by atoms with Crippen LogP contribution in [-0.4, -0.2) is 42.1 Å². The molecule has 1 fully saturated rings. The van der Waals surface area contributed by atoms with Crippen LogP contribution in [-0.2, 0) is 4.79 Å². The van der Waals surface area contributed by atoms with Crippen molar-refractivity contribution >= 4 is 45.3 Å². The van der Waals surface area contributed by atoms with Crippen LogP contribution in [0.5, 0.6) is 0 Å². The molecule has 0 spiro atoms. The molecule has 2 N–H and O–H groups in total. The number of hydrogen-bond donors (Lipinski definition) is 2. The third-order valence-electron chi connectivity index (χ3n) is 6.40. The number of likely N-dealkylation sites (N-methyl/N-ethyl adjacent to an activating group) is 1. The predicted octanol–water partition coefficient (Wildman–Crippen LogP) is 5.45. The highest BCUT2D eigenvalue weighted by Gasteiger charge is 2.35. The smallest absolute Gasteiger partial charge is 0.249 e. The summed E-state index contributed by atoms with van der Waals surface area (Å²) in [4.78, 5) is 27.2. The Labute approximate surface area is 198 Å². The van der Waals surface area contributed by atoms with Gasteiger partial charge in [-0.15, -0.1) is 0 Å². The number of thiazole rings is 1. The number of nitrogens with one attached hydrogen (secondary N) is 2. The summed E-state index contributed by atoms with van der Waals surface area (Å²) in [5, 5.41) is 7.62. The zero-order valence-corrected chi connectivity index (χ0v) is 20.5. The van der Waals surface area contributed by atoms with Gasteiger partial charge in [-0.3, -0.25) is 4.79 Å². The van der Waals surface area contributed by atoms with Gasteiger partial charge < -0.3 is 20.4 Å². The van der Waals surface area contributed by atoms with Crippen molar-refractivity contribution in [2.24, 2.45) is 0 Å². The average molecular weight is 463 g/mol. The Morgan fingerprint density at radius 2 is 1.94 bits per heavy atom. The first-order valence-electron chi connectivity index (χ1n) is 11.5. The van der Waals surface area contributed by atoms with Crippen molar-refractivity contribution in [3.63, 3.8) is 0 Å². The largest absolute Gasteiger partial charge is 0.365 e. The number of anilines is 5. The molecule has 0 saturated heterocycles. The van der Waals surface area contributed by atoms with Gasteiger partial charge in [0.05, 0.1) is 21.9 Å². The van der Waals surface area contributed by atoms with E-state index in [1.807, 2.05) is 39.3 Å². The number of carbonyl (C=O) groups excluding carboxylic acids is 1. The van der Waals surface area contributed by atoms with E-state index in [1.165, 1.54) is 23.4 Å². The standard InChI is InChI=1S/C25H30N6OS/c1-14(2)31-15(3)24(32)30(5)19-9-8-18(13-20(19)31)28-21-12-17(10-11-27-21)23-22(16-6-7-16)29-25(26-4)33-23/h8-16H,6-7H2,1-5H3,(H,26,29)(H,27,28)/t15-/m1/s1. The van der Waals surface area contributed by atoms with Gasteiger partial charge in [0.25, 0.3) is 0 Å². The van der Waals surface area contributed by atoms with Gasteiger partial charge in [0.1, 0.15) is 11.9 Å². The minimum atomic E-state index is -0.201. The van der Waals surface area contributed by atoms with E-state index in [1.54, 1.807) is 16.2 Å². The second-order valence-corrected chi connectivity index (χ2v) is 10.1. The minimum Gasteiger partial charge on any atom is -0.365 e. The lowest BCUT2D eigenvalue weighted by molar-refractivity contribution is -0.119. The molecule has 1 atom stereocenters. The fraction of sp³-hybridized carbons (Fsp3) is 0.400. The van der Waals surface area contributed by atoms with Crippen LogP contribution in [0.15, 0.2) is 36.5 Å². The van der Waals surface area contributed by atoms with Gasteiger partial charge in [-0.1, -0.05) is 11.3 Å². The van der Waals surface area contributed by atoms with E-state index in [0.29, 0.717) is 5.92 Å². The highest BCUT2D eigenvalue weighted by molar-refractivity contribution is 7.19. The van der Waals surface area contributed by atoms with Crippen LogP contribution in [0.2, 0.25) is 0 Å². The van der Waals surface area contributed by atoms with Gasteiger partial charge >= 0.3 is 0 Å². The van der Waals surface area contributed by atoms with Crippen LogP contribution < -0.4 is 20.4 Å². The number of rotatable bonds is 6. The van der Waals surface area contributed by atoms with E-state index < -0.39 is 0 Å². The number of hydrogen-bond acceptors (Lipinski definition) is 7. The zero-order chi connectivity index (χ0) is 23.3. The fourth-order valence-corrected chi connectivity index (χ4v) is 5.61. The predicted molar refractivity (Wildman–Crippen MR) is 137 cm³/mol. The third kappa shape index (κ3) is 3.93. The maximum atomic E-state index is 12.7. The molecule has 7 nitrogen and oxygen atoms in total. The SMILES string of the molecule is CNc1nc(C2CC2)c(-c2ccnc(Nc3ccc4c(c3)N(C(C)C)[C@H](C)C(=O)N4C)c2)s1. The topological polar surface area (TPSA) is 73.4 Å². The molecule has 0 radical (unpaired) electrons. The van der Waals surface area contributed by atoms with Crippen molar-refractivity contribution in [3.8, 4) is 10.4 Å². The molecule has 1 amide bonds. The molecule has 1 aliphatic carbocycles. The lowest BCUT2D eigenvalue weighted by Crippen LogP contribution is -2.53. The minimum absolute atomic E-state index is 0.114. The summed E-state index contributed by atoms with van der Waals surface area (Å²) >= 11 is 1.70. The molecule has 1 aromatic carbocycles. The molecule has 1 saturated carbocycles. The van der Waals surface area contributed by atoms with E-state index in [4.69, 9.17) is 4.98 Å². The van der Waals surface area contributed by atoms with Crippen molar-refractivity contribution in [3.05, 3.63) is 42.2 Å². The van der Waals surface area contributed by atoms with Gasteiger partial charge in [-0.25, -0.2) is 9.97 Å². The van der Waals surface area contributed by atoms with E-state index in [-0.39, 0.29) is 18.0 Å². The lowest BCUT2D eigenvalue weighted by atomic mass is 10.0. The Morgan fingerprint density at radius 1 is 1.15 bits per heavy atom. The summed E-state index contributed by atoms with van der Waals surface area (Å²) in [5.41, 5.74) is 5.26. The van der Waals surface area contributed by atoms with E-state index in [0.717, 1.165) is 33.6 Å². The summed E-state index contributed by atoms with van der Waals surface area (Å²) in [5.74, 6) is 1.48. The van der Waals surface area contributed by atoms with Gasteiger partial charge in [0.2, 0.25) is 5.91 Å². The van der Waals surface area contributed by atoms with Crippen molar-refractivity contribution in [1.82, 2.24) is 9.97 Å². The number of fused-ring (bicyclic) bond motifs is 1. The second kappa shape index (κ2) is 8.33. The Kier molecular flexibility index (Phi) is 5.48. The maximum Gasteiger partial charge on any atom is 0.249 e. The Balaban J connectivity index is 1.47. The van der Waals surface area contributed by atoms with Crippen molar-refractivity contribution in [2.75, 3.05) is 34.5 Å². The molecule has 33 heavy (non-hydrogen) atoms. The number of pyridine rings is 1. The van der Waals surface area contributed by atoms with Crippen molar-refractivity contribution < 1.29 is 4.79 Å². The van der Waals surface area contributed by atoms with Crippen LogP contribution in [0.4, 0.5) is 28.0 Å². The Bertz CT molecular complexity index is 1200. The van der Waals surface area contributed by atoms with Gasteiger partial charge in [0.15, 0.2) is 5.13 Å². The van der Waals surface area contributed by atoms with Crippen LogP contribution in [0, 0.1) is 0 Å². The summed E-state index contributed by atoms with van der Waals surface area (Å²) < 4.78 is 0. The highest BCUT2D eigenvalue weighted by atomic mass is 32.1. The van der Waals surface area contributed by atoms with Crippen LogP contribution in [0.25, 0.3) is 10.4 Å². The van der Waals surface area contributed by atoms with E-state index in [9.17, 15) is 4.79 Å². The summed E-state index contributed by atoms with van der Waals surface area (Å²) in [6, 6.07) is 10.3. The molecular weight excluding hydrogens is 432 g/mol. The molecule has 3 heterocycles. The van der Waals surface area contributed by atoms with Crippen molar-refractivity contribution in [2.45, 2.75) is 51.6 Å². The van der Waals surface area contributed by atoms with Gasteiger partial charge in [-0.2, -0.15) is 0 Å². The van der Waals surface area contributed by atoms with Gasteiger partial charge in [0, 0.05) is 37.9 Å². The molecule has 2 aromatic heterocycles. The molecule has 8 heteroatoms. The molecule has 3 aromatic rings. The quantitative estimate of drug-likeness (QED) is 0.508. The van der Waals surface area contributed by atoms with Gasteiger partial charge in [-0.05, 0) is 69.5 Å². The highest BCUT2D eigenvalue weighted by Crippen LogP contribution is 2.47. The van der Waals surface area contributed by atoms with E-state index >= 15 is 0 Å². The normalized spacial score (nSPS) is 18.0. The maximum absolute atomic E-state index is 12.7. The molecule has 5 rings (SSSR count). The summed E-state index contributed by atoms with van der Waals surface area (Å²) in [6.45, 7) is 6.21. The van der Waals surface area contributed by atoms with Crippen LogP contribution in [0.1, 0.15) is 45.2 Å². The Morgan fingerprint density at radius 3 is 2.64 bits per heavy atom. The van der Waals surface area contributed by atoms with Crippen LogP contribution in [0.3, 0.4) is 0 Å². The van der Waals surface area contributed by atoms with Crippen molar-refractivity contribution in [1.29, 1.82) is 0 Å². The average Bonchev–Trinajstić information content (AvgIpc) is 3.56. The van der Waals surface area contributed by atoms with Crippen LogP contribution >= 0.6 is 11.3 Å². The first-order valence-corrected chi connectivity index (χ1v) is 12.3.